The number of likely N-dealkylation sites (N-methyl/N-ethyl adjacent to an activating group) is 1. The molecule has 2 saturated carbocycles. The standard InChI is InChI=1S/C14H25N3/c1-3-16-14(2,10-15)11-17(8-12-4-5-12)9-13-6-7-13/h12-13,16H,3-9,11H2,1-2H3. The fourth-order valence-corrected chi connectivity index (χ4v) is 2.50. The van der Waals surface area contributed by atoms with Gasteiger partial charge >= 0.3 is 0 Å². The molecule has 96 valence electrons. The Morgan fingerprint density at radius 2 is 1.76 bits per heavy atom. The third-order valence-electron chi connectivity index (χ3n) is 3.78. The van der Waals surface area contributed by atoms with E-state index in [9.17, 15) is 5.26 Å². The number of nitrogens with zero attached hydrogens (tertiary/aromatic N) is 2. The van der Waals surface area contributed by atoms with E-state index >= 15 is 0 Å². The van der Waals surface area contributed by atoms with Crippen LogP contribution in [0.1, 0.15) is 39.5 Å². The van der Waals surface area contributed by atoms with E-state index in [0.717, 1.165) is 24.9 Å². The van der Waals surface area contributed by atoms with E-state index in [2.05, 4.69) is 23.2 Å². The Balaban J connectivity index is 1.86. The first kappa shape index (κ1) is 12.9. The molecule has 0 amide bonds. The molecular weight excluding hydrogens is 210 g/mol. The smallest absolute Gasteiger partial charge is 0.116 e. The molecular formula is C14H25N3. The van der Waals surface area contributed by atoms with Gasteiger partial charge in [-0.3, -0.25) is 10.2 Å². The summed E-state index contributed by atoms with van der Waals surface area (Å²) < 4.78 is 0. The largest absolute Gasteiger partial charge is 0.300 e. The summed E-state index contributed by atoms with van der Waals surface area (Å²) in [6.07, 6.45) is 5.58. The first-order valence-electron chi connectivity index (χ1n) is 7.04. The molecule has 1 atom stereocenters. The second kappa shape index (κ2) is 5.37. The zero-order valence-electron chi connectivity index (χ0n) is 11.2. The first-order chi connectivity index (χ1) is 8.15. The summed E-state index contributed by atoms with van der Waals surface area (Å²) in [6.45, 7) is 8.26. The Morgan fingerprint density at radius 1 is 1.24 bits per heavy atom. The number of nitrogens with one attached hydrogen (secondary N) is 1. The predicted octanol–water partition coefficient (Wildman–Crippen LogP) is 2.00. The second-order valence-electron chi connectivity index (χ2n) is 6.06. The molecule has 0 aromatic rings. The lowest BCUT2D eigenvalue weighted by molar-refractivity contribution is 0.205. The molecule has 1 N–H and O–H groups in total. The van der Waals surface area contributed by atoms with E-state index in [1.54, 1.807) is 0 Å². The maximum atomic E-state index is 9.33. The van der Waals surface area contributed by atoms with Gasteiger partial charge in [-0.1, -0.05) is 6.92 Å². The average molecular weight is 235 g/mol. The van der Waals surface area contributed by atoms with Gasteiger partial charge in [0, 0.05) is 19.6 Å². The highest BCUT2D eigenvalue weighted by molar-refractivity contribution is 5.06. The molecule has 2 aliphatic carbocycles. The van der Waals surface area contributed by atoms with Gasteiger partial charge in [-0.2, -0.15) is 5.26 Å². The van der Waals surface area contributed by atoms with Crippen LogP contribution in [0.5, 0.6) is 0 Å². The van der Waals surface area contributed by atoms with Gasteiger partial charge in [0.25, 0.3) is 0 Å². The molecule has 0 radical (unpaired) electrons. The summed E-state index contributed by atoms with van der Waals surface area (Å²) >= 11 is 0. The average Bonchev–Trinajstić information content (AvgIpc) is 3.14. The van der Waals surface area contributed by atoms with Crippen LogP contribution in [0.2, 0.25) is 0 Å². The Labute approximate surface area is 105 Å². The number of hydrogen-bond donors (Lipinski definition) is 1. The molecule has 0 saturated heterocycles. The zero-order chi connectivity index (χ0) is 12.3. The van der Waals surface area contributed by atoms with Crippen LogP contribution < -0.4 is 5.32 Å². The van der Waals surface area contributed by atoms with Crippen LogP contribution in [0.25, 0.3) is 0 Å². The molecule has 0 aromatic carbocycles. The van der Waals surface area contributed by atoms with Crippen LogP contribution >= 0.6 is 0 Å². The molecule has 2 rings (SSSR count). The third-order valence-corrected chi connectivity index (χ3v) is 3.78. The predicted molar refractivity (Wildman–Crippen MR) is 69.6 cm³/mol. The lowest BCUT2D eigenvalue weighted by Gasteiger charge is -2.31. The van der Waals surface area contributed by atoms with Gasteiger partial charge in [-0.15, -0.1) is 0 Å². The van der Waals surface area contributed by atoms with Gasteiger partial charge in [0.05, 0.1) is 6.07 Å². The van der Waals surface area contributed by atoms with Crippen molar-refractivity contribution in [1.29, 1.82) is 5.26 Å². The second-order valence-corrected chi connectivity index (χ2v) is 6.06. The van der Waals surface area contributed by atoms with Gasteiger partial charge in [0.2, 0.25) is 0 Å². The van der Waals surface area contributed by atoms with Crippen LogP contribution in [0.4, 0.5) is 0 Å². The van der Waals surface area contributed by atoms with Crippen molar-refractivity contribution in [3.63, 3.8) is 0 Å². The fraction of sp³-hybridized carbons (Fsp3) is 0.929. The Morgan fingerprint density at radius 3 is 2.12 bits per heavy atom. The van der Waals surface area contributed by atoms with Gasteiger partial charge in [-0.25, -0.2) is 0 Å². The van der Waals surface area contributed by atoms with Crippen LogP contribution in [0, 0.1) is 23.2 Å². The molecule has 0 bridgehead atoms. The molecule has 0 spiro atoms. The molecule has 0 heterocycles. The van der Waals surface area contributed by atoms with Gasteiger partial charge in [0.1, 0.15) is 5.54 Å². The van der Waals surface area contributed by atoms with Gasteiger partial charge < -0.3 is 0 Å². The van der Waals surface area contributed by atoms with E-state index in [1.165, 1.54) is 38.8 Å². The molecule has 0 aromatic heterocycles. The highest BCUT2D eigenvalue weighted by atomic mass is 15.2. The van der Waals surface area contributed by atoms with Crippen molar-refractivity contribution in [2.24, 2.45) is 11.8 Å². The summed E-state index contributed by atoms with van der Waals surface area (Å²) in [6, 6.07) is 2.44. The van der Waals surface area contributed by atoms with Crippen molar-refractivity contribution in [1.82, 2.24) is 10.2 Å². The molecule has 17 heavy (non-hydrogen) atoms. The summed E-state index contributed by atoms with van der Waals surface area (Å²) in [4.78, 5) is 2.53. The van der Waals surface area contributed by atoms with Crippen LogP contribution in [0.3, 0.4) is 0 Å². The summed E-state index contributed by atoms with van der Waals surface area (Å²) in [5.74, 6) is 1.83. The molecule has 3 nitrogen and oxygen atoms in total. The summed E-state index contributed by atoms with van der Waals surface area (Å²) in [5, 5.41) is 12.6. The van der Waals surface area contributed by atoms with Crippen molar-refractivity contribution in [2.45, 2.75) is 45.1 Å². The highest BCUT2D eigenvalue weighted by Gasteiger charge is 2.33. The molecule has 3 heteroatoms. The van der Waals surface area contributed by atoms with E-state index in [1.807, 2.05) is 6.92 Å². The Kier molecular flexibility index (Phi) is 4.06. The quantitative estimate of drug-likeness (QED) is 0.699. The summed E-state index contributed by atoms with van der Waals surface area (Å²) in [7, 11) is 0. The first-order valence-corrected chi connectivity index (χ1v) is 7.04. The molecule has 1 unspecified atom stereocenters. The number of nitriles is 1. The van der Waals surface area contributed by atoms with E-state index in [4.69, 9.17) is 0 Å². The van der Waals surface area contributed by atoms with Crippen molar-refractivity contribution in [3.8, 4) is 6.07 Å². The summed E-state index contributed by atoms with van der Waals surface area (Å²) in [5.41, 5.74) is -0.376. The lowest BCUT2D eigenvalue weighted by atomic mass is 10.0. The Hall–Kier alpha value is -0.590. The monoisotopic (exact) mass is 235 g/mol. The molecule has 0 aliphatic heterocycles. The van der Waals surface area contributed by atoms with E-state index < -0.39 is 0 Å². The topological polar surface area (TPSA) is 39.1 Å². The third kappa shape index (κ3) is 4.29. The van der Waals surface area contributed by atoms with Crippen molar-refractivity contribution < 1.29 is 0 Å². The maximum absolute atomic E-state index is 9.33. The maximum Gasteiger partial charge on any atom is 0.116 e. The minimum Gasteiger partial charge on any atom is -0.300 e. The van der Waals surface area contributed by atoms with Crippen LogP contribution in [-0.4, -0.2) is 36.6 Å². The normalized spacial score (nSPS) is 23.4. The number of rotatable bonds is 8. The van der Waals surface area contributed by atoms with Crippen molar-refractivity contribution in [2.75, 3.05) is 26.2 Å². The van der Waals surface area contributed by atoms with Gasteiger partial charge in [-0.05, 0) is 51.0 Å². The highest BCUT2D eigenvalue weighted by Crippen LogP contribution is 2.34. The fourth-order valence-electron chi connectivity index (χ4n) is 2.50. The van der Waals surface area contributed by atoms with Gasteiger partial charge in [0.15, 0.2) is 0 Å². The Bertz CT molecular complexity index is 274. The van der Waals surface area contributed by atoms with Crippen molar-refractivity contribution in [3.05, 3.63) is 0 Å². The molecule has 2 aliphatic rings. The number of hydrogen-bond acceptors (Lipinski definition) is 3. The zero-order valence-corrected chi connectivity index (χ0v) is 11.2. The SMILES string of the molecule is CCNC(C)(C#N)CN(CC1CC1)CC1CC1. The van der Waals surface area contributed by atoms with E-state index in [0.29, 0.717) is 0 Å². The minimum atomic E-state index is -0.376. The van der Waals surface area contributed by atoms with E-state index in [-0.39, 0.29) is 5.54 Å². The lowest BCUT2D eigenvalue weighted by Crippen LogP contribution is -2.51. The van der Waals surface area contributed by atoms with Crippen LogP contribution in [-0.2, 0) is 0 Å². The molecule has 2 fully saturated rings. The van der Waals surface area contributed by atoms with Crippen molar-refractivity contribution >= 4 is 0 Å². The minimum absolute atomic E-state index is 0.376. The van der Waals surface area contributed by atoms with Crippen LogP contribution in [0.15, 0.2) is 0 Å².